The van der Waals surface area contributed by atoms with Crippen LogP contribution in [0.5, 0.6) is 0 Å². The summed E-state index contributed by atoms with van der Waals surface area (Å²) >= 11 is 0. The first-order chi connectivity index (χ1) is 17.0. The molecular formula is C33H26FN. The molecule has 0 aromatic heterocycles. The normalized spacial score (nSPS) is 13.7. The number of hydrogen-bond donors (Lipinski definition) is 0. The SMILES string of the molecule is CC1(C)c2cc(F)ccc2N(c2ccc(-c3ccccc3)cc2)c2ccc(-c3ccccc3)cc21. The first kappa shape index (κ1) is 21.4. The Bertz CT molecular complexity index is 1500. The first-order valence-electron chi connectivity index (χ1n) is 12.0. The van der Waals surface area contributed by atoms with E-state index in [0.29, 0.717) is 0 Å². The van der Waals surface area contributed by atoms with Gasteiger partial charge in [0.2, 0.25) is 0 Å². The maximum absolute atomic E-state index is 14.5. The monoisotopic (exact) mass is 455 g/mol. The summed E-state index contributed by atoms with van der Waals surface area (Å²) in [7, 11) is 0. The third-order valence-electron chi connectivity index (χ3n) is 7.12. The van der Waals surface area contributed by atoms with E-state index < -0.39 is 0 Å². The highest BCUT2D eigenvalue weighted by molar-refractivity contribution is 5.88. The van der Waals surface area contributed by atoms with Gasteiger partial charge in [-0.3, -0.25) is 0 Å². The van der Waals surface area contributed by atoms with Gasteiger partial charge in [0.15, 0.2) is 0 Å². The Morgan fingerprint density at radius 2 is 1.00 bits per heavy atom. The molecule has 0 bridgehead atoms. The zero-order valence-corrected chi connectivity index (χ0v) is 19.9. The van der Waals surface area contributed by atoms with Crippen LogP contribution in [0.1, 0.15) is 25.0 Å². The van der Waals surface area contributed by atoms with Crippen molar-refractivity contribution < 1.29 is 4.39 Å². The van der Waals surface area contributed by atoms with Crippen LogP contribution in [0.25, 0.3) is 22.3 Å². The van der Waals surface area contributed by atoms with Crippen LogP contribution in [0.3, 0.4) is 0 Å². The van der Waals surface area contributed by atoms with Crippen molar-refractivity contribution in [2.24, 2.45) is 0 Å². The standard InChI is InChI=1S/C33H26FN/c1-33(2)29-21-26(24-11-7-4-8-12-24)15-19-31(29)35(32-20-16-27(34)22-30(32)33)28-17-13-25(14-18-28)23-9-5-3-6-10-23/h3-22H,1-2H3. The third kappa shape index (κ3) is 3.63. The second kappa shape index (κ2) is 8.25. The number of anilines is 3. The van der Waals surface area contributed by atoms with E-state index in [1.165, 1.54) is 22.3 Å². The van der Waals surface area contributed by atoms with E-state index in [2.05, 4.69) is 110 Å². The van der Waals surface area contributed by atoms with Gasteiger partial charge in [-0.15, -0.1) is 0 Å². The number of halogens is 1. The van der Waals surface area contributed by atoms with Crippen LogP contribution in [0.15, 0.2) is 121 Å². The molecular weight excluding hydrogens is 429 g/mol. The largest absolute Gasteiger partial charge is 0.310 e. The lowest BCUT2D eigenvalue weighted by Crippen LogP contribution is -2.30. The van der Waals surface area contributed by atoms with Crippen LogP contribution < -0.4 is 4.90 Å². The molecule has 35 heavy (non-hydrogen) atoms. The third-order valence-corrected chi connectivity index (χ3v) is 7.12. The van der Waals surface area contributed by atoms with Gasteiger partial charge in [-0.1, -0.05) is 92.7 Å². The van der Waals surface area contributed by atoms with Gasteiger partial charge in [-0.05, 0) is 75.8 Å². The predicted molar refractivity (Wildman–Crippen MR) is 144 cm³/mol. The quantitative estimate of drug-likeness (QED) is 0.262. The molecule has 0 unspecified atom stereocenters. The van der Waals surface area contributed by atoms with Crippen LogP contribution >= 0.6 is 0 Å². The molecule has 1 aliphatic rings. The van der Waals surface area contributed by atoms with Gasteiger partial charge < -0.3 is 4.90 Å². The summed E-state index contributed by atoms with van der Waals surface area (Å²) in [5.41, 5.74) is 9.72. The predicted octanol–water partition coefficient (Wildman–Crippen LogP) is 9.27. The highest BCUT2D eigenvalue weighted by Gasteiger charge is 2.37. The topological polar surface area (TPSA) is 3.24 Å². The summed E-state index contributed by atoms with van der Waals surface area (Å²) < 4.78 is 14.5. The summed E-state index contributed by atoms with van der Waals surface area (Å²) in [5.74, 6) is -0.209. The second-order valence-corrected chi connectivity index (χ2v) is 9.63. The van der Waals surface area contributed by atoms with Crippen LogP contribution in [-0.4, -0.2) is 0 Å². The Hall–Kier alpha value is -4.17. The van der Waals surface area contributed by atoms with E-state index >= 15 is 0 Å². The van der Waals surface area contributed by atoms with Crippen LogP contribution in [0.2, 0.25) is 0 Å². The number of hydrogen-bond acceptors (Lipinski definition) is 1. The van der Waals surface area contributed by atoms with Gasteiger partial charge in [-0.2, -0.15) is 0 Å². The van der Waals surface area contributed by atoms with Gasteiger partial charge in [0.05, 0.1) is 11.4 Å². The maximum atomic E-state index is 14.5. The van der Waals surface area contributed by atoms with Crippen molar-refractivity contribution in [3.8, 4) is 22.3 Å². The molecule has 5 aromatic carbocycles. The van der Waals surface area contributed by atoms with Crippen molar-refractivity contribution in [2.75, 3.05) is 4.90 Å². The molecule has 0 saturated heterocycles. The van der Waals surface area contributed by atoms with Gasteiger partial charge in [0.25, 0.3) is 0 Å². The van der Waals surface area contributed by atoms with Crippen LogP contribution in [0, 0.1) is 5.82 Å². The fourth-order valence-corrected chi connectivity index (χ4v) is 5.23. The summed E-state index contributed by atoms with van der Waals surface area (Å²) in [5, 5.41) is 0. The number of rotatable bonds is 3. The fourth-order valence-electron chi connectivity index (χ4n) is 5.23. The lowest BCUT2D eigenvalue weighted by molar-refractivity contribution is 0.597. The molecule has 1 aliphatic heterocycles. The molecule has 0 aliphatic carbocycles. The average Bonchev–Trinajstić information content (AvgIpc) is 2.90. The minimum atomic E-state index is -0.349. The summed E-state index contributed by atoms with van der Waals surface area (Å²) in [4.78, 5) is 2.26. The average molecular weight is 456 g/mol. The van der Waals surface area contributed by atoms with E-state index in [1.807, 2.05) is 18.2 Å². The van der Waals surface area contributed by atoms with Gasteiger partial charge >= 0.3 is 0 Å². The molecule has 6 rings (SSSR count). The van der Waals surface area contributed by atoms with Crippen molar-refractivity contribution in [2.45, 2.75) is 19.3 Å². The minimum absolute atomic E-state index is 0.209. The van der Waals surface area contributed by atoms with Crippen molar-refractivity contribution >= 4 is 17.1 Å². The van der Waals surface area contributed by atoms with Crippen molar-refractivity contribution in [1.29, 1.82) is 0 Å². The van der Waals surface area contributed by atoms with E-state index in [4.69, 9.17) is 0 Å². The van der Waals surface area contributed by atoms with E-state index in [1.54, 1.807) is 12.1 Å². The number of fused-ring (bicyclic) bond motifs is 2. The van der Waals surface area contributed by atoms with Crippen LogP contribution in [-0.2, 0) is 5.41 Å². The molecule has 0 spiro atoms. The second-order valence-electron chi connectivity index (χ2n) is 9.63. The smallest absolute Gasteiger partial charge is 0.123 e. The first-order valence-corrected chi connectivity index (χ1v) is 12.0. The lowest BCUT2D eigenvalue weighted by Gasteiger charge is -2.42. The highest BCUT2D eigenvalue weighted by Crippen LogP contribution is 2.52. The van der Waals surface area contributed by atoms with Crippen molar-refractivity contribution in [1.82, 2.24) is 0 Å². The summed E-state index contributed by atoms with van der Waals surface area (Å²) in [6.45, 7) is 4.38. The molecule has 0 atom stereocenters. The number of benzene rings is 5. The Morgan fingerprint density at radius 3 is 1.63 bits per heavy atom. The molecule has 170 valence electrons. The molecule has 2 heteroatoms. The molecule has 0 amide bonds. The van der Waals surface area contributed by atoms with Gasteiger partial charge in [0, 0.05) is 11.1 Å². The van der Waals surface area contributed by atoms with E-state index in [0.717, 1.165) is 28.2 Å². The molecule has 0 fully saturated rings. The Kier molecular flexibility index (Phi) is 5.04. The molecule has 0 N–H and O–H groups in total. The molecule has 0 radical (unpaired) electrons. The van der Waals surface area contributed by atoms with Gasteiger partial charge in [0.1, 0.15) is 5.82 Å². The molecule has 0 saturated carbocycles. The lowest BCUT2D eigenvalue weighted by atomic mass is 9.73. The van der Waals surface area contributed by atoms with E-state index in [9.17, 15) is 4.39 Å². The summed E-state index contributed by atoms with van der Waals surface area (Å²) in [6, 6.07) is 41.3. The van der Waals surface area contributed by atoms with Crippen LogP contribution in [0.4, 0.5) is 21.5 Å². The Labute approximate surface area is 206 Å². The molecule has 5 aromatic rings. The highest BCUT2D eigenvalue weighted by atomic mass is 19.1. The minimum Gasteiger partial charge on any atom is -0.310 e. The zero-order valence-electron chi connectivity index (χ0n) is 19.9. The van der Waals surface area contributed by atoms with E-state index in [-0.39, 0.29) is 11.2 Å². The molecule has 1 heterocycles. The summed E-state index contributed by atoms with van der Waals surface area (Å²) in [6.07, 6.45) is 0. The van der Waals surface area contributed by atoms with Crippen molar-refractivity contribution in [3.05, 3.63) is 138 Å². The number of nitrogens with zero attached hydrogens (tertiary/aromatic N) is 1. The van der Waals surface area contributed by atoms with Crippen molar-refractivity contribution in [3.63, 3.8) is 0 Å². The maximum Gasteiger partial charge on any atom is 0.123 e. The van der Waals surface area contributed by atoms with Gasteiger partial charge in [-0.25, -0.2) is 4.39 Å². The Morgan fingerprint density at radius 1 is 0.514 bits per heavy atom. The fraction of sp³-hybridized carbons (Fsp3) is 0.0909. The zero-order chi connectivity index (χ0) is 24.0. The molecule has 1 nitrogen and oxygen atoms in total. The Balaban J connectivity index is 1.53.